The summed E-state index contributed by atoms with van der Waals surface area (Å²) < 4.78 is 40.1. The molecule has 2 atom stereocenters. The molecule has 1 aliphatic heterocycles. The molecular formula is C33H58O5S. The van der Waals surface area contributed by atoms with Gasteiger partial charge in [-0.15, -0.1) is 0 Å². The Bertz CT molecular complexity index is 799. The van der Waals surface area contributed by atoms with Gasteiger partial charge in [0.2, 0.25) is 0 Å². The summed E-state index contributed by atoms with van der Waals surface area (Å²) in [5.74, 6) is -0.528. The molecule has 39 heavy (non-hydrogen) atoms. The number of unbranched alkanes of at least 4 members (excludes halogenated alkanes) is 9. The lowest BCUT2D eigenvalue weighted by atomic mass is 9.99. The molecule has 0 spiro atoms. The maximum atomic E-state index is 11.3. The molecule has 1 aliphatic rings. The molecule has 0 saturated carbocycles. The molecule has 1 saturated heterocycles. The zero-order valence-electron chi connectivity index (χ0n) is 25.3. The average molecular weight is 567 g/mol. The van der Waals surface area contributed by atoms with E-state index >= 15 is 0 Å². The molecule has 0 radical (unpaired) electrons. The van der Waals surface area contributed by atoms with Crippen LogP contribution in [-0.2, 0) is 23.8 Å². The number of ether oxygens (including phenoxy) is 2. The van der Waals surface area contributed by atoms with E-state index in [2.05, 4.69) is 62.5 Å². The van der Waals surface area contributed by atoms with Crippen LogP contribution in [0.25, 0.3) is 0 Å². The van der Waals surface area contributed by atoms with Crippen molar-refractivity contribution in [1.82, 2.24) is 0 Å². The summed E-state index contributed by atoms with van der Waals surface area (Å²) >= 11 is 0. The van der Waals surface area contributed by atoms with Crippen molar-refractivity contribution in [2.45, 2.75) is 141 Å². The lowest BCUT2D eigenvalue weighted by molar-refractivity contribution is -0.180. The third-order valence-electron chi connectivity index (χ3n) is 6.93. The molecule has 0 aromatic rings. The van der Waals surface area contributed by atoms with Crippen LogP contribution in [0.3, 0.4) is 0 Å². The molecule has 0 aromatic carbocycles. The molecule has 5 nitrogen and oxygen atoms in total. The zero-order chi connectivity index (χ0) is 28.5. The smallest absolute Gasteiger partial charge is 0.264 e. The molecule has 0 aromatic heterocycles. The summed E-state index contributed by atoms with van der Waals surface area (Å²) in [6.07, 6.45) is 38.8. The van der Waals surface area contributed by atoms with E-state index in [1.165, 1.54) is 44.9 Å². The third kappa shape index (κ3) is 21.2. The Balaban J connectivity index is 2.29. The summed E-state index contributed by atoms with van der Waals surface area (Å²) in [4.78, 5) is 0. The first-order valence-electron chi connectivity index (χ1n) is 15.7. The van der Waals surface area contributed by atoms with E-state index in [9.17, 15) is 8.42 Å². The van der Waals surface area contributed by atoms with Crippen molar-refractivity contribution >= 4 is 10.1 Å². The van der Waals surface area contributed by atoms with E-state index in [4.69, 9.17) is 13.7 Å². The molecule has 2 unspecified atom stereocenters. The van der Waals surface area contributed by atoms with Crippen LogP contribution < -0.4 is 0 Å². The fourth-order valence-corrected chi connectivity index (χ4v) is 5.12. The van der Waals surface area contributed by atoms with Crippen molar-refractivity contribution < 1.29 is 22.1 Å². The van der Waals surface area contributed by atoms with Crippen LogP contribution >= 0.6 is 0 Å². The quantitative estimate of drug-likeness (QED) is 0.0626. The minimum atomic E-state index is -3.42. The minimum Gasteiger partial charge on any atom is -0.347 e. The summed E-state index contributed by atoms with van der Waals surface area (Å²) in [7, 11) is -3.42. The Hall–Kier alpha value is -1.21. The Kier molecular flexibility index (Phi) is 21.6. The highest BCUT2D eigenvalue weighted by Gasteiger charge is 2.40. The van der Waals surface area contributed by atoms with E-state index < -0.39 is 15.9 Å². The predicted molar refractivity (Wildman–Crippen MR) is 165 cm³/mol. The van der Waals surface area contributed by atoms with Crippen molar-refractivity contribution in [1.29, 1.82) is 0 Å². The van der Waals surface area contributed by atoms with Gasteiger partial charge in [-0.3, -0.25) is 4.18 Å². The van der Waals surface area contributed by atoms with Gasteiger partial charge in [0.15, 0.2) is 5.79 Å². The SMILES string of the molecule is CC/C=C\CCCCCC1(CCCCC/C=C\C/C=C\C/C=C\CCCCC)OCC(CCOS(C)(=O)=O)O1. The van der Waals surface area contributed by atoms with Gasteiger partial charge in [-0.05, 0) is 70.6 Å². The lowest BCUT2D eigenvalue weighted by Gasteiger charge is -2.28. The Morgan fingerprint density at radius 2 is 1.28 bits per heavy atom. The van der Waals surface area contributed by atoms with Gasteiger partial charge in [-0.2, -0.15) is 8.42 Å². The summed E-state index contributed by atoms with van der Waals surface area (Å²) in [6, 6.07) is 0. The largest absolute Gasteiger partial charge is 0.347 e. The van der Waals surface area contributed by atoms with Gasteiger partial charge in [-0.1, -0.05) is 88.1 Å². The van der Waals surface area contributed by atoms with E-state index in [1.807, 2.05) is 0 Å². The minimum absolute atomic E-state index is 0.105. The molecule has 0 amide bonds. The second kappa shape index (κ2) is 23.5. The topological polar surface area (TPSA) is 61.8 Å². The third-order valence-corrected chi connectivity index (χ3v) is 7.52. The van der Waals surface area contributed by atoms with Crippen molar-refractivity contribution in [3.05, 3.63) is 48.6 Å². The van der Waals surface area contributed by atoms with Crippen LogP contribution in [0.4, 0.5) is 0 Å². The fourth-order valence-electron chi connectivity index (χ4n) is 4.72. The Morgan fingerprint density at radius 3 is 1.82 bits per heavy atom. The maximum absolute atomic E-state index is 11.3. The summed E-state index contributed by atoms with van der Waals surface area (Å²) in [5.41, 5.74) is 0. The maximum Gasteiger partial charge on any atom is 0.264 e. The summed E-state index contributed by atoms with van der Waals surface area (Å²) in [6.45, 7) is 5.06. The van der Waals surface area contributed by atoms with Crippen LogP contribution in [-0.4, -0.2) is 39.8 Å². The number of allylic oxidation sites excluding steroid dienone is 8. The van der Waals surface area contributed by atoms with E-state index in [0.29, 0.717) is 13.0 Å². The summed E-state index contributed by atoms with van der Waals surface area (Å²) in [5, 5.41) is 0. The monoisotopic (exact) mass is 566 g/mol. The molecule has 0 N–H and O–H groups in total. The first-order valence-corrected chi connectivity index (χ1v) is 17.5. The van der Waals surface area contributed by atoms with Crippen molar-refractivity contribution in [2.24, 2.45) is 0 Å². The van der Waals surface area contributed by atoms with Crippen molar-refractivity contribution in [3.8, 4) is 0 Å². The van der Waals surface area contributed by atoms with Crippen molar-refractivity contribution in [3.63, 3.8) is 0 Å². The van der Waals surface area contributed by atoms with Gasteiger partial charge in [0.25, 0.3) is 10.1 Å². The second-order valence-electron chi connectivity index (χ2n) is 10.7. The molecule has 0 bridgehead atoms. The van der Waals surface area contributed by atoms with Crippen LogP contribution in [0.2, 0.25) is 0 Å². The Morgan fingerprint density at radius 1 is 0.744 bits per heavy atom. The first kappa shape index (κ1) is 35.8. The molecule has 6 heteroatoms. The van der Waals surface area contributed by atoms with Crippen molar-refractivity contribution in [2.75, 3.05) is 19.5 Å². The van der Waals surface area contributed by atoms with E-state index in [-0.39, 0.29) is 12.7 Å². The van der Waals surface area contributed by atoms with E-state index in [1.54, 1.807) is 0 Å². The lowest BCUT2D eigenvalue weighted by Crippen LogP contribution is -2.31. The van der Waals surface area contributed by atoms with Gasteiger partial charge >= 0.3 is 0 Å². The van der Waals surface area contributed by atoms with Crippen LogP contribution in [0, 0.1) is 0 Å². The molecular weight excluding hydrogens is 508 g/mol. The van der Waals surface area contributed by atoms with Gasteiger partial charge in [0.1, 0.15) is 0 Å². The second-order valence-corrected chi connectivity index (χ2v) is 12.4. The molecule has 1 heterocycles. The molecule has 0 aliphatic carbocycles. The molecule has 226 valence electrons. The standard InChI is InChI=1S/C33H58O5S/c1-4-6-8-10-12-13-14-15-16-17-18-19-20-22-24-26-29-33(28-25-23-21-11-9-7-5-2)36-31-32(38-33)27-30-37-39(3,34)35/h7,9,12-13,15-16,18-19,32H,4-6,8,10-11,14,17,20-31H2,1-3H3/b9-7-,13-12-,16-15-,19-18-. The predicted octanol–water partition coefficient (Wildman–Crippen LogP) is 9.36. The van der Waals surface area contributed by atoms with Gasteiger partial charge < -0.3 is 9.47 Å². The molecule has 1 rings (SSSR count). The van der Waals surface area contributed by atoms with E-state index in [0.717, 1.165) is 70.5 Å². The van der Waals surface area contributed by atoms with Crippen LogP contribution in [0.5, 0.6) is 0 Å². The number of hydrogen-bond acceptors (Lipinski definition) is 5. The van der Waals surface area contributed by atoms with Gasteiger partial charge in [0.05, 0.1) is 25.6 Å². The number of rotatable bonds is 25. The molecule has 1 fully saturated rings. The van der Waals surface area contributed by atoms with Gasteiger partial charge in [-0.25, -0.2) is 0 Å². The highest BCUT2D eigenvalue weighted by molar-refractivity contribution is 7.85. The highest BCUT2D eigenvalue weighted by Crippen LogP contribution is 2.35. The normalized spacial score (nSPS) is 20.5. The van der Waals surface area contributed by atoms with Crippen LogP contribution in [0.1, 0.15) is 129 Å². The highest BCUT2D eigenvalue weighted by atomic mass is 32.2. The van der Waals surface area contributed by atoms with Gasteiger partial charge in [0, 0.05) is 19.3 Å². The first-order chi connectivity index (χ1) is 18.9. The number of hydrogen-bond donors (Lipinski definition) is 0. The average Bonchev–Trinajstić information content (AvgIpc) is 3.30. The zero-order valence-corrected chi connectivity index (χ0v) is 26.1. The fraction of sp³-hybridized carbons (Fsp3) is 0.758. The Labute approximate surface area is 241 Å². The van der Waals surface area contributed by atoms with Crippen LogP contribution in [0.15, 0.2) is 48.6 Å².